The van der Waals surface area contributed by atoms with Crippen molar-refractivity contribution in [3.05, 3.63) is 65.4 Å². The Balaban J connectivity index is 1.92. The molecule has 2 aromatic carbocycles. The van der Waals surface area contributed by atoms with Gasteiger partial charge >= 0.3 is 0 Å². The van der Waals surface area contributed by atoms with E-state index in [0.717, 1.165) is 5.75 Å². The third-order valence-electron chi connectivity index (χ3n) is 4.04. The number of fused-ring (bicyclic) bond motifs is 1. The van der Waals surface area contributed by atoms with E-state index >= 15 is 0 Å². The van der Waals surface area contributed by atoms with Crippen molar-refractivity contribution in [1.82, 2.24) is 4.57 Å². The summed E-state index contributed by atoms with van der Waals surface area (Å²) < 4.78 is 8.30. The molecule has 0 saturated carbocycles. The first-order valence-corrected chi connectivity index (χ1v) is 7.84. The van der Waals surface area contributed by atoms with Gasteiger partial charge < -0.3 is 9.30 Å². The van der Waals surface area contributed by atoms with Crippen molar-refractivity contribution in [3.63, 3.8) is 0 Å². The molecular formula is C20H23NO. The van der Waals surface area contributed by atoms with Crippen LogP contribution in [-0.2, 0) is 6.61 Å². The van der Waals surface area contributed by atoms with Gasteiger partial charge in [0.25, 0.3) is 0 Å². The summed E-state index contributed by atoms with van der Waals surface area (Å²) in [4.78, 5) is 0. The summed E-state index contributed by atoms with van der Waals surface area (Å²) in [5.74, 6) is 0.920. The SMILES string of the molecule is Cc1ccc(OCc2cn(C(C)C)c3ccc(C)cc23)cc1. The molecule has 0 amide bonds. The van der Waals surface area contributed by atoms with Gasteiger partial charge in [0.05, 0.1) is 0 Å². The van der Waals surface area contributed by atoms with Gasteiger partial charge in [-0.15, -0.1) is 0 Å². The van der Waals surface area contributed by atoms with E-state index < -0.39 is 0 Å². The van der Waals surface area contributed by atoms with Gasteiger partial charge in [0.1, 0.15) is 12.4 Å². The largest absolute Gasteiger partial charge is 0.489 e. The van der Waals surface area contributed by atoms with E-state index in [1.807, 2.05) is 12.1 Å². The second kappa shape index (κ2) is 5.88. The Kier molecular flexibility index (Phi) is 3.93. The molecule has 2 heteroatoms. The van der Waals surface area contributed by atoms with E-state index in [2.05, 4.69) is 68.8 Å². The maximum absolute atomic E-state index is 5.97. The van der Waals surface area contributed by atoms with Crippen LogP contribution in [0, 0.1) is 13.8 Å². The zero-order valence-electron chi connectivity index (χ0n) is 13.8. The van der Waals surface area contributed by atoms with Crippen LogP contribution in [0.4, 0.5) is 0 Å². The molecule has 22 heavy (non-hydrogen) atoms. The molecule has 1 aromatic heterocycles. The van der Waals surface area contributed by atoms with Crippen LogP contribution in [0.5, 0.6) is 5.75 Å². The van der Waals surface area contributed by atoms with Gasteiger partial charge in [-0.05, 0) is 52.0 Å². The van der Waals surface area contributed by atoms with Crippen molar-refractivity contribution < 1.29 is 4.74 Å². The Hall–Kier alpha value is -2.22. The number of ether oxygens (including phenoxy) is 1. The molecule has 0 bridgehead atoms. The van der Waals surface area contributed by atoms with E-state index in [0.29, 0.717) is 12.6 Å². The molecule has 2 nitrogen and oxygen atoms in total. The number of rotatable bonds is 4. The molecular weight excluding hydrogens is 270 g/mol. The lowest BCUT2D eigenvalue weighted by Crippen LogP contribution is -1.98. The lowest BCUT2D eigenvalue weighted by atomic mass is 10.1. The maximum atomic E-state index is 5.97. The highest BCUT2D eigenvalue weighted by atomic mass is 16.5. The van der Waals surface area contributed by atoms with Gasteiger partial charge in [-0.2, -0.15) is 0 Å². The molecule has 3 rings (SSSR count). The van der Waals surface area contributed by atoms with Crippen molar-refractivity contribution in [2.75, 3.05) is 0 Å². The first-order valence-electron chi connectivity index (χ1n) is 7.84. The van der Waals surface area contributed by atoms with E-state index in [1.54, 1.807) is 0 Å². The van der Waals surface area contributed by atoms with Crippen LogP contribution in [0.15, 0.2) is 48.7 Å². The van der Waals surface area contributed by atoms with Crippen LogP contribution < -0.4 is 4.74 Å². The van der Waals surface area contributed by atoms with Crippen LogP contribution in [0.2, 0.25) is 0 Å². The topological polar surface area (TPSA) is 14.2 Å². The minimum atomic E-state index is 0.443. The molecule has 114 valence electrons. The van der Waals surface area contributed by atoms with Gasteiger partial charge in [-0.1, -0.05) is 29.3 Å². The molecule has 0 aliphatic rings. The Morgan fingerprint density at radius 2 is 1.64 bits per heavy atom. The van der Waals surface area contributed by atoms with Gasteiger partial charge in [0, 0.05) is 28.7 Å². The van der Waals surface area contributed by atoms with Gasteiger partial charge in [-0.25, -0.2) is 0 Å². The molecule has 0 saturated heterocycles. The quantitative estimate of drug-likeness (QED) is 0.626. The number of aromatic nitrogens is 1. The van der Waals surface area contributed by atoms with Crippen LogP contribution in [0.3, 0.4) is 0 Å². The summed E-state index contributed by atoms with van der Waals surface area (Å²) in [6, 6.07) is 15.3. The first-order chi connectivity index (χ1) is 10.5. The summed E-state index contributed by atoms with van der Waals surface area (Å²) >= 11 is 0. The minimum Gasteiger partial charge on any atom is -0.489 e. The molecule has 0 radical (unpaired) electrons. The minimum absolute atomic E-state index is 0.443. The standard InChI is InChI=1S/C20H23NO/c1-14(2)21-12-17(19-11-16(4)7-10-20(19)21)13-22-18-8-5-15(3)6-9-18/h5-12,14H,13H2,1-4H3. The van der Waals surface area contributed by atoms with E-state index in [-0.39, 0.29) is 0 Å². The van der Waals surface area contributed by atoms with Crippen molar-refractivity contribution >= 4 is 10.9 Å². The number of aryl methyl sites for hydroxylation is 2. The highest BCUT2D eigenvalue weighted by Crippen LogP contribution is 2.27. The molecule has 3 aromatic rings. The summed E-state index contributed by atoms with van der Waals surface area (Å²) in [5, 5.41) is 1.29. The van der Waals surface area contributed by atoms with E-state index in [4.69, 9.17) is 4.74 Å². The average molecular weight is 293 g/mol. The monoisotopic (exact) mass is 293 g/mol. The van der Waals surface area contributed by atoms with E-state index in [1.165, 1.54) is 27.6 Å². The first kappa shape index (κ1) is 14.7. The smallest absolute Gasteiger partial charge is 0.119 e. The van der Waals surface area contributed by atoms with Gasteiger partial charge in [-0.3, -0.25) is 0 Å². The third kappa shape index (κ3) is 2.87. The number of hydrogen-bond donors (Lipinski definition) is 0. The van der Waals surface area contributed by atoms with Crippen molar-refractivity contribution in [3.8, 4) is 5.75 Å². The number of hydrogen-bond acceptors (Lipinski definition) is 1. The highest BCUT2D eigenvalue weighted by Gasteiger charge is 2.11. The second-order valence-corrected chi connectivity index (χ2v) is 6.28. The highest BCUT2D eigenvalue weighted by molar-refractivity contribution is 5.84. The number of nitrogens with zero attached hydrogens (tertiary/aromatic N) is 1. The fraction of sp³-hybridized carbons (Fsp3) is 0.300. The van der Waals surface area contributed by atoms with Crippen LogP contribution in [-0.4, -0.2) is 4.57 Å². The third-order valence-corrected chi connectivity index (χ3v) is 4.04. The Morgan fingerprint density at radius 1 is 0.955 bits per heavy atom. The molecule has 0 spiro atoms. The zero-order chi connectivity index (χ0) is 15.7. The maximum Gasteiger partial charge on any atom is 0.119 e. The van der Waals surface area contributed by atoms with Crippen molar-refractivity contribution in [1.29, 1.82) is 0 Å². The van der Waals surface area contributed by atoms with E-state index in [9.17, 15) is 0 Å². The van der Waals surface area contributed by atoms with Crippen molar-refractivity contribution in [2.24, 2.45) is 0 Å². The normalized spacial score (nSPS) is 11.3. The molecule has 0 fully saturated rings. The Morgan fingerprint density at radius 3 is 2.32 bits per heavy atom. The van der Waals surface area contributed by atoms with Crippen molar-refractivity contribution in [2.45, 2.75) is 40.3 Å². The van der Waals surface area contributed by atoms with Gasteiger partial charge in [0.2, 0.25) is 0 Å². The molecule has 0 atom stereocenters. The number of benzene rings is 2. The molecule has 0 aliphatic carbocycles. The van der Waals surface area contributed by atoms with Gasteiger partial charge in [0.15, 0.2) is 0 Å². The fourth-order valence-electron chi connectivity index (χ4n) is 2.78. The zero-order valence-corrected chi connectivity index (χ0v) is 13.8. The van der Waals surface area contributed by atoms with Crippen LogP contribution in [0.25, 0.3) is 10.9 Å². The van der Waals surface area contributed by atoms with Crippen LogP contribution >= 0.6 is 0 Å². The lowest BCUT2D eigenvalue weighted by Gasteiger charge is -2.08. The predicted octanol–water partition coefficient (Wildman–Crippen LogP) is 5.42. The predicted molar refractivity (Wildman–Crippen MR) is 92.6 cm³/mol. The Labute approximate surface area is 132 Å². The Bertz CT molecular complexity index is 781. The summed E-state index contributed by atoms with van der Waals surface area (Å²) in [6.07, 6.45) is 2.23. The molecule has 0 unspecified atom stereocenters. The summed E-state index contributed by atoms with van der Waals surface area (Å²) in [7, 11) is 0. The fourth-order valence-corrected chi connectivity index (χ4v) is 2.78. The summed E-state index contributed by atoms with van der Waals surface area (Å²) in [6.45, 7) is 9.25. The lowest BCUT2D eigenvalue weighted by molar-refractivity contribution is 0.307. The molecule has 1 heterocycles. The van der Waals surface area contributed by atoms with Crippen LogP contribution in [0.1, 0.15) is 36.6 Å². The summed E-state index contributed by atoms with van der Waals surface area (Å²) in [5.41, 5.74) is 5.06. The molecule has 0 aliphatic heterocycles. The second-order valence-electron chi connectivity index (χ2n) is 6.28. The average Bonchev–Trinajstić information content (AvgIpc) is 2.85. The molecule has 0 N–H and O–H groups in total.